The van der Waals surface area contributed by atoms with E-state index in [-0.39, 0.29) is 18.2 Å². The molecule has 0 spiro atoms. The van der Waals surface area contributed by atoms with Gasteiger partial charge < -0.3 is 14.4 Å². The van der Waals surface area contributed by atoms with Gasteiger partial charge in [-0.2, -0.15) is 0 Å². The Morgan fingerprint density at radius 3 is 2.33 bits per heavy atom. The van der Waals surface area contributed by atoms with Gasteiger partial charge in [-0.3, -0.25) is 9.59 Å². The fraction of sp³-hybridized carbons (Fsp3) is 0.538. The average molecular weight is 251 g/mol. The van der Waals surface area contributed by atoms with Gasteiger partial charge in [0.25, 0.3) is 5.91 Å². The number of rotatable bonds is 3. The summed E-state index contributed by atoms with van der Waals surface area (Å²) in [6.07, 6.45) is 0.131. The van der Waals surface area contributed by atoms with Crippen molar-refractivity contribution in [2.75, 3.05) is 13.1 Å². The monoisotopic (exact) mass is 251 g/mol. The minimum absolute atomic E-state index is 0.0523. The molecule has 1 fully saturated rings. The highest BCUT2D eigenvalue weighted by molar-refractivity contribution is 5.97. The van der Waals surface area contributed by atoms with Crippen molar-refractivity contribution in [3.05, 3.63) is 22.6 Å². The van der Waals surface area contributed by atoms with E-state index in [0.29, 0.717) is 24.4 Å². The van der Waals surface area contributed by atoms with Gasteiger partial charge in [-0.25, -0.2) is 0 Å². The van der Waals surface area contributed by atoms with Crippen molar-refractivity contribution < 1.29 is 19.1 Å². The average Bonchev–Trinajstić information content (AvgIpc) is 2.45. The van der Waals surface area contributed by atoms with E-state index in [1.54, 1.807) is 11.8 Å². The first-order valence-electron chi connectivity index (χ1n) is 5.97. The molecular formula is C13H17NO4. The third kappa shape index (κ3) is 2.12. The molecule has 5 heteroatoms. The topological polar surface area (TPSA) is 70.8 Å². The number of nitrogens with zero attached hydrogens (tertiary/aromatic N) is 1. The molecule has 18 heavy (non-hydrogen) atoms. The van der Waals surface area contributed by atoms with Gasteiger partial charge in [0.15, 0.2) is 0 Å². The van der Waals surface area contributed by atoms with Crippen molar-refractivity contribution >= 4 is 11.9 Å². The summed E-state index contributed by atoms with van der Waals surface area (Å²) in [5.74, 6) is 0.623. The predicted molar refractivity (Wildman–Crippen MR) is 64.6 cm³/mol. The van der Waals surface area contributed by atoms with Crippen LogP contribution in [-0.4, -0.2) is 35.0 Å². The summed E-state index contributed by atoms with van der Waals surface area (Å²) in [5.41, 5.74) is 1.50. The number of hydrogen-bond donors (Lipinski definition) is 1. The molecule has 0 saturated carbocycles. The number of amides is 1. The van der Waals surface area contributed by atoms with E-state index in [1.165, 1.54) is 0 Å². The molecule has 1 amide bonds. The van der Waals surface area contributed by atoms with Gasteiger partial charge in [0.05, 0.1) is 12.0 Å². The van der Waals surface area contributed by atoms with Gasteiger partial charge in [-0.15, -0.1) is 0 Å². The van der Waals surface area contributed by atoms with Crippen LogP contribution in [-0.2, 0) is 4.79 Å². The second-order valence-electron chi connectivity index (χ2n) is 4.89. The molecular weight excluding hydrogens is 234 g/mol. The van der Waals surface area contributed by atoms with E-state index in [2.05, 4.69) is 0 Å². The smallest absolute Gasteiger partial charge is 0.303 e. The maximum absolute atomic E-state index is 12.2. The van der Waals surface area contributed by atoms with Crippen molar-refractivity contribution in [1.29, 1.82) is 0 Å². The van der Waals surface area contributed by atoms with Gasteiger partial charge in [0.1, 0.15) is 11.5 Å². The second-order valence-corrected chi connectivity index (χ2v) is 4.89. The van der Waals surface area contributed by atoms with Crippen LogP contribution in [0.1, 0.15) is 33.9 Å². The Balaban J connectivity index is 2.04. The standard InChI is InChI=1S/C13H17NO4/c1-7-8(2)18-9(3)12(7)13(17)14-5-10(6-14)4-11(15)16/h10H,4-6H2,1-3H3,(H,15,16). The zero-order valence-corrected chi connectivity index (χ0v) is 10.8. The van der Waals surface area contributed by atoms with Gasteiger partial charge in [-0.1, -0.05) is 0 Å². The molecule has 2 heterocycles. The van der Waals surface area contributed by atoms with Gasteiger partial charge in [0.2, 0.25) is 0 Å². The van der Waals surface area contributed by atoms with Crippen LogP contribution in [0.2, 0.25) is 0 Å². The second kappa shape index (κ2) is 4.48. The first-order chi connectivity index (χ1) is 8.40. The van der Waals surface area contributed by atoms with Crippen LogP contribution in [0.15, 0.2) is 4.42 Å². The van der Waals surface area contributed by atoms with Gasteiger partial charge >= 0.3 is 5.97 Å². The van der Waals surface area contributed by atoms with Crippen LogP contribution >= 0.6 is 0 Å². The number of carbonyl (C=O) groups excluding carboxylic acids is 1. The van der Waals surface area contributed by atoms with Crippen LogP contribution in [0.25, 0.3) is 0 Å². The zero-order chi connectivity index (χ0) is 13.4. The Morgan fingerprint density at radius 2 is 1.89 bits per heavy atom. The molecule has 1 saturated heterocycles. The first-order valence-corrected chi connectivity index (χ1v) is 5.97. The lowest BCUT2D eigenvalue weighted by Gasteiger charge is -2.38. The molecule has 5 nitrogen and oxygen atoms in total. The molecule has 2 rings (SSSR count). The van der Waals surface area contributed by atoms with Crippen LogP contribution in [0.3, 0.4) is 0 Å². The Kier molecular flexibility index (Phi) is 3.15. The largest absolute Gasteiger partial charge is 0.481 e. The van der Waals surface area contributed by atoms with Gasteiger partial charge in [0, 0.05) is 24.6 Å². The lowest BCUT2D eigenvalue weighted by atomic mass is 9.95. The third-order valence-corrected chi connectivity index (χ3v) is 3.48. The normalized spacial score (nSPS) is 15.6. The molecule has 0 bridgehead atoms. The van der Waals surface area contributed by atoms with Crippen molar-refractivity contribution in [3.8, 4) is 0 Å². The van der Waals surface area contributed by atoms with Gasteiger partial charge in [-0.05, 0) is 20.8 Å². The molecule has 1 aromatic heterocycles. The molecule has 1 aliphatic heterocycles. The minimum Gasteiger partial charge on any atom is -0.481 e. The van der Waals surface area contributed by atoms with Crippen LogP contribution in [0.4, 0.5) is 0 Å². The minimum atomic E-state index is -0.807. The Hall–Kier alpha value is -1.78. The molecule has 0 unspecified atom stereocenters. The number of carboxylic acids is 1. The van der Waals surface area contributed by atoms with E-state index in [9.17, 15) is 9.59 Å². The maximum atomic E-state index is 12.2. The number of carboxylic acid groups (broad SMARTS) is 1. The fourth-order valence-corrected chi connectivity index (χ4v) is 2.38. The maximum Gasteiger partial charge on any atom is 0.303 e. The number of likely N-dealkylation sites (tertiary alicyclic amines) is 1. The lowest BCUT2D eigenvalue weighted by molar-refractivity contribution is -0.139. The van der Waals surface area contributed by atoms with Crippen molar-refractivity contribution in [3.63, 3.8) is 0 Å². The summed E-state index contributed by atoms with van der Waals surface area (Å²) >= 11 is 0. The molecule has 1 aliphatic rings. The zero-order valence-electron chi connectivity index (χ0n) is 10.8. The predicted octanol–water partition coefficient (Wildman–Crippen LogP) is 1.75. The molecule has 1 N–H and O–H groups in total. The van der Waals surface area contributed by atoms with Crippen LogP contribution < -0.4 is 0 Å². The highest BCUT2D eigenvalue weighted by atomic mass is 16.4. The molecule has 98 valence electrons. The summed E-state index contributed by atoms with van der Waals surface area (Å²) in [6, 6.07) is 0. The van der Waals surface area contributed by atoms with E-state index >= 15 is 0 Å². The summed E-state index contributed by atoms with van der Waals surface area (Å²) in [6.45, 7) is 6.53. The number of hydrogen-bond acceptors (Lipinski definition) is 3. The highest BCUT2D eigenvalue weighted by Crippen LogP contribution is 2.27. The van der Waals surface area contributed by atoms with Crippen LogP contribution in [0.5, 0.6) is 0 Å². The number of furan rings is 1. The van der Waals surface area contributed by atoms with Crippen molar-refractivity contribution in [2.24, 2.45) is 5.92 Å². The highest BCUT2D eigenvalue weighted by Gasteiger charge is 2.34. The van der Waals surface area contributed by atoms with E-state index in [1.807, 2.05) is 13.8 Å². The Morgan fingerprint density at radius 1 is 1.28 bits per heavy atom. The Bertz CT molecular complexity index is 497. The number of carbonyl (C=O) groups is 2. The van der Waals surface area contributed by atoms with E-state index < -0.39 is 5.97 Å². The SMILES string of the molecule is Cc1oc(C)c(C(=O)N2CC(CC(=O)O)C2)c1C. The molecule has 0 aliphatic carbocycles. The summed E-state index contributed by atoms with van der Waals surface area (Å²) in [5, 5.41) is 8.66. The summed E-state index contributed by atoms with van der Waals surface area (Å²) in [4.78, 5) is 24.5. The van der Waals surface area contributed by atoms with E-state index in [4.69, 9.17) is 9.52 Å². The molecule has 1 aromatic rings. The summed E-state index contributed by atoms with van der Waals surface area (Å²) in [7, 11) is 0. The molecule has 0 radical (unpaired) electrons. The first kappa shape index (κ1) is 12.7. The third-order valence-electron chi connectivity index (χ3n) is 3.48. The number of aliphatic carboxylic acids is 1. The van der Waals surface area contributed by atoms with Crippen LogP contribution in [0, 0.1) is 26.7 Å². The fourth-order valence-electron chi connectivity index (χ4n) is 2.38. The molecule has 0 atom stereocenters. The molecule has 0 aromatic carbocycles. The van der Waals surface area contributed by atoms with Crippen molar-refractivity contribution in [1.82, 2.24) is 4.90 Å². The number of aryl methyl sites for hydroxylation is 2. The Labute approximate surface area is 105 Å². The lowest BCUT2D eigenvalue weighted by Crippen LogP contribution is -2.50. The van der Waals surface area contributed by atoms with Crippen molar-refractivity contribution in [2.45, 2.75) is 27.2 Å². The quantitative estimate of drug-likeness (QED) is 0.888. The summed E-state index contributed by atoms with van der Waals surface area (Å²) < 4.78 is 5.43. The van der Waals surface area contributed by atoms with E-state index in [0.717, 1.165) is 11.3 Å².